The number of nitrogens with zero attached hydrogens (tertiary/aromatic N) is 1. The maximum Gasteiger partial charge on any atom is 0.272 e. The van der Waals surface area contributed by atoms with Crippen LogP contribution in [0.15, 0.2) is 12.1 Å². The van der Waals surface area contributed by atoms with E-state index in [9.17, 15) is 10.1 Å². The lowest BCUT2D eigenvalue weighted by Crippen LogP contribution is -1.95. The molecule has 2 rings (SSSR count). The van der Waals surface area contributed by atoms with Gasteiger partial charge in [-0.25, -0.2) is 0 Å². The van der Waals surface area contributed by atoms with Gasteiger partial charge in [-0.1, -0.05) is 0 Å². The molecule has 1 fully saturated rings. The van der Waals surface area contributed by atoms with Crippen molar-refractivity contribution in [3.8, 4) is 0 Å². The minimum atomic E-state index is -0.307. The predicted octanol–water partition coefficient (Wildman–Crippen LogP) is 3.09. The summed E-state index contributed by atoms with van der Waals surface area (Å²) < 4.78 is 0. The summed E-state index contributed by atoms with van der Waals surface area (Å²) in [6.45, 7) is 3.77. The van der Waals surface area contributed by atoms with E-state index in [2.05, 4.69) is 0 Å². The van der Waals surface area contributed by atoms with Crippen molar-refractivity contribution in [3.05, 3.63) is 38.9 Å². The number of aryl methyl sites for hydroxylation is 2. The highest BCUT2D eigenvalue weighted by Gasteiger charge is 2.26. The van der Waals surface area contributed by atoms with Crippen molar-refractivity contribution in [2.75, 3.05) is 0 Å². The fourth-order valence-corrected chi connectivity index (χ4v) is 1.85. The first kappa shape index (κ1) is 9.19. The number of rotatable bonds is 2. The zero-order valence-electron chi connectivity index (χ0n) is 8.41. The van der Waals surface area contributed by atoms with E-state index in [1.54, 1.807) is 6.07 Å². The zero-order chi connectivity index (χ0) is 10.3. The standard InChI is InChI=1S/C11H13NO2/c1-7-6-11(12(13)14)8(2)5-10(7)9-3-4-9/h5-6,9H,3-4H2,1-2H3. The Morgan fingerprint density at radius 2 is 1.93 bits per heavy atom. The smallest absolute Gasteiger partial charge is 0.258 e. The third kappa shape index (κ3) is 1.50. The Balaban J connectivity index is 2.48. The SMILES string of the molecule is Cc1cc([N+](=O)[O-])c(C)cc1C1CC1. The fraction of sp³-hybridized carbons (Fsp3) is 0.455. The Bertz CT molecular complexity index is 395. The predicted molar refractivity (Wildman–Crippen MR) is 54.5 cm³/mol. The molecule has 0 saturated heterocycles. The molecule has 3 nitrogen and oxygen atoms in total. The van der Waals surface area contributed by atoms with Crippen LogP contribution in [0.25, 0.3) is 0 Å². The molecule has 0 heterocycles. The van der Waals surface area contributed by atoms with Crippen molar-refractivity contribution >= 4 is 5.69 Å². The first-order valence-electron chi connectivity index (χ1n) is 4.85. The number of benzene rings is 1. The van der Waals surface area contributed by atoms with E-state index in [1.165, 1.54) is 18.4 Å². The molecule has 14 heavy (non-hydrogen) atoms. The largest absolute Gasteiger partial charge is 0.272 e. The number of hydrogen-bond acceptors (Lipinski definition) is 2. The van der Waals surface area contributed by atoms with Gasteiger partial charge in [0.1, 0.15) is 0 Å². The van der Waals surface area contributed by atoms with Crippen LogP contribution in [0.2, 0.25) is 0 Å². The van der Waals surface area contributed by atoms with E-state index in [-0.39, 0.29) is 10.6 Å². The van der Waals surface area contributed by atoms with E-state index in [0.29, 0.717) is 5.92 Å². The maximum atomic E-state index is 10.7. The van der Waals surface area contributed by atoms with Gasteiger partial charge in [0.2, 0.25) is 0 Å². The summed E-state index contributed by atoms with van der Waals surface area (Å²) in [7, 11) is 0. The topological polar surface area (TPSA) is 43.1 Å². The third-order valence-electron chi connectivity index (χ3n) is 2.80. The van der Waals surface area contributed by atoms with Gasteiger partial charge in [0.25, 0.3) is 5.69 Å². The lowest BCUT2D eigenvalue weighted by Gasteiger charge is -2.05. The Hall–Kier alpha value is -1.38. The molecular weight excluding hydrogens is 178 g/mol. The monoisotopic (exact) mass is 191 g/mol. The van der Waals surface area contributed by atoms with Crippen LogP contribution < -0.4 is 0 Å². The summed E-state index contributed by atoms with van der Waals surface area (Å²) in [5.74, 6) is 0.662. The third-order valence-corrected chi connectivity index (χ3v) is 2.80. The summed E-state index contributed by atoms with van der Waals surface area (Å²) in [6, 6.07) is 3.67. The second kappa shape index (κ2) is 3.08. The van der Waals surface area contributed by atoms with Crippen molar-refractivity contribution in [2.24, 2.45) is 0 Å². The maximum absolute atomic E-state index is 10.7. The van der Waals surface area contributed by atoms with Gasteiger partial charge in [0.05, 0.1) is 4.92 Å². The highest BCUT2D eigenvalue weighted by molar-refractivity contribution is 5.48. The highest BCUT2D eigenvalue weighted by Crippen LogP contribution is 2.42. The molecule has 0 atom stereocenters. The van der Waals surface area contributed by atoms with Crippen LogP contribution >= 0.6 is 0 Å². The quantitative estimate of drug-likeness (QED) is 0.532. The van der Waals surface area contributed by atoms with E-state index in [1.807, 2.05) is 19.9 Å². The van der Waals surface area contributed by atoms with Crippen LogP contribution in [0.5, 0.6) is 0 Å². The fourth-order valence-electron chi connectivity index (χ4n) is 1.85. The van der Waals surface area contributed by atoms with Crippen LogP contribution in [0.4, 0.5) is 5.69 Å². The van der Waals surface area contributed by atoms with Crippen molar-refractivity contribution in [3.63, 3.8) is 0 Å². The Morgan fingerprint density at radius 1 is 1.29 bits per heavy atom. The molecule has 0 spiro atoms. The van der Waals surface area contributed by atoms with Crippen LogP contribution in [-0.2, 0) is 0 Å². The molecule has 1 aromatic carbocycles. The lowest BCUT2D eigenvalue weighted by molar-refractivity contribution is -0.385. The first-order chi connectivity index (χ1) is 6.59. The normalized spacial score (nSPS) is 15.6. The van der Waals surface area contributed by atoms with Crippen LogP contribution in [-0.4, -0.2) is 4.92 Å². The first-order valence-corrected chi connectivity index (χ1v) is 4.85. The molecule has 74 valence electrons. The molecular formula is C11H13NO2. The second-order valence-electron chi connectivity index (χ2n) is 4.03. The van der Waals surface area contributed by atoms with Crippen molar-refractivity contribution < 1.29 is 4.92 Å². The lowest BCUT2D eigenvalue weighted by atomic mass is 10.0. The van der Waals surface area contributed by atoms with Gasteiger partial charge in [-0.3, -0.25) is 10.1 Å². The summed E-state index contributed by atoms with van der Waals surface area (Å²) in [6.07, 6.45) is 2.47. The number of nitro benzene ring substituents is 1. The van der Waals surface area contributed by atoms with Crippen LogP contribution in [0.3, 0.4) is 0 Å². The minimum absolute atomic E-state index is 0.243. The Labute approximate surface area is 82.9 Å². The molecule has 0 aromatic heterocycles. The summed E-state index contributed by atoms with van der Waals surface area (Å²) in [5.41, 5.74) is 3.38. The molecule has 1 aliphatic carbocycles. The van der Waals surface area contributed by atoms with Crippen molar-refractivity contribution in [1.82, 2.24) is 0 Å². The molecule has 0 radical (unpaired) electrons. The average Bonchev–Trinajstić information content (AvgIpc) is 2.91. The van der Waals surface area contributed by atoms with E-state index < -0.39 is 0 Å². The van der Waals surface area contributed by atoms with E-state index in [4.69, 9.17) is 0 Å². The Morgan fingerprint density at radius 3 is 2.43 bits per heavy atom. The van der Waals surface area contributed by atoms with Gasteiger partial charge in [-0.05, 0) is 49.8 Å². The van der Waals surface area contributed by atoms with Gasteiger partial charge in [0.15, 0.2) is 0 Å². The Kier molecular flexibility index (Phi) is 2.02. The van der Waals surface area contributed by atoms with Gasteiger partial charge in [0, 0.05) is 11.6 Å². The van der Waals surface area contributed by atoms with Crippen LogP contribution in [0, 0.1) is 24.0 Å². The molecule has 0 unspecified atom stereocenters. The summed E-state index contributed by atoms with van der Waals surface area (Å²) in [5, 5.41) is 10.7. The van der Waals surface area contributed by atoms with Gasteiger partial charge < -0.3 is 0 Å². The molecule has 1 aromatic rings. The highest BCUT2D eigenvalue weighted by atomic mass is 16.6. The second-order valence-corrected chi connectivity index (χ2v) is 4.03. The average molecular weight is 191 g/mol. The summed E-state index contributed by atoms with van der Waals surface area (Å²) in [4.78, 5) is 10.4. The summed E-state index contributed by atoms with van der Waals surface area (Å²) >= 11 is 0. The van der Waals surface area contributed by atoms with E-state index in [0.717, 1.165) is 11.1 Å². The van der Waals surface area contributed by atoms with Crippen LogP contribution in [0.1, 0.15) is 35.4 Å². The molecule has 0 N–H and O–H groups in total. The van der Waals surface area contributed by atoms with Gasteiger partial charge in [-0.2, -0.15) is 0 Å². The molecule has 3 heteroatoms. The van der Waals surface area contributed by atoms with Gasteiger partial charge >= 0.3 is 0 Å². The minimum Gasteiger partial charge on any atom is -0.258 e. The van der Waals surface area contributed by atoms with E-state index >= 15 is 0 Å². The number of nitro groups is 1. The molecule has 0 amide bonds. The molecule has 0 bridgehead atoms. The molecule has 1 aliphatic rings. The molecule has 0 aliphatic heterocycles. The van der Waals surface area contributed by atoms with Crippen molar-refractivity contribution in [1.29, 1.82) is 0 Å². The number of hydrogen-bond donors (Lipinski definition) is 0. The zero-order valence-corrected chi connectivity index (χ0v) is 8.41. The molecule has 1 saturated carbocycles. The van der Waals surface area contributed by atoms with Gasteiger partial charge in [-0.15, -0.1) is 0 Å². The van der Waals surface area contributed by atoms with Crippen molar-refractivity contribution in [2.45, 2.75) is 32.6 Å².